The van der Waals surface area contributed by atoms with Crippen LogP contribution in [0.25, 0.3) is 0 Å². The third kappa shape index (κ3) is 3.56. The molecule has 1 heterocycles. The molecule has 0 spiro atoms. The molecule has 16 heavy (non-hydrogen) atoms. The predicted molar refractivity (Wildman–Crippen MR) is 67.3 cm³/mol. The maximum Gasteiger partial charge on any atom is 0.134 e. The maximum atomic E-state index is 5.62. The lowest BCUT2D eigenvalue weighted by atomic mass is 9.88. The Bertz CT molecular complexity index is 332. The minimum atomic E-state index is -0.0261. The van der Waals surface area contributed by atoms with E-state index in [0.717, 1.165) is 24.4 Å². The zero-order valence-electron chi connectivity index (χ0n) is 10.8. The first-order chi connectivity index (χ1) is 7.45. The van der Waals surface area contributed by atoms with Crippen LogP contribution in [0, 0.1) is 5.92 Å². The lowest BCUT2D eigenvalue weighted by Crippen LogP contribution is -2.25. The second-order valence-electron chi connectivity index (χ2n) is 5.39. The Hall–Kier alpha value is -0.960. The van der Waals surface area contributed by atoms with Crippen LogP contribution in [0.3, 0.4) is 0 Å². The lowest BCUT2D eigenvalue weighted by Gasteiger charge is -2.22. The van der Waals surface area contributed by atoms with Gasteiger partial charge in [-0.25, -0.2) is 9.97 Å². The Morgan fingerprint density at radius 2 is 2.06 bits per heavy atom. The fourth-order valence-electron chi connectivity index (χ4n) is 1.73. The molecule has 3 nitrogen and oxygen atoms in total. The largest absolute Gasteiger partial charge is 0.330 e. The molecule has 1 rings (SSSR count). The summed E-state index contributed by atoms with van der Waals surface area (Å²) in [6, 6.07) is 2.00. The molecule has 0 bridgehead atoms. The zero-order chi connectivity index (χ0) is 12.2. The number of nitrogens with two attached hydrogens (primary N) is 1. The number of aromatic nitrogens is 2. The van der Waals surface area contributed by atoms with Gasteiger partial charge in [0.1, 0.15) is 5.82 Å². The number of rotatable bonds is 5. The Morgan fingerprint density at radius 3 is 2.62 bits per heavy atom. The first kappa shape index (κ1) is 13.1. The van der Waals surface area contributed by atoms with Crippen molar-refractivity contribution in [3.05, 3.63) is 23.8 Å². The van der Waals surface area contributed by atoms with Crippen molar-refractivity contribution in [1.29, 1.82) is 0 Å². The van der Waals surface area contributed by atoms with Gasteiger partial charge in [-0.15, -0.1) is 0 Å². The normalized spacial score (nSPS) is 12.1. The summed E-state index contributed by atoms with van der Waals surface area (Å²) in [4.78, 5) is 9.01. The third-order valence-electron chi connectivity index (χ3n) is 2.71. The van der Waals surface area contributed by atoms with Gasteiger partial charge in [-0.3, -0.25) is 0 Å². The van der Waals surface area contributed by atoms with E-state index < -0.39 is 0 Å². The molecule has 90 valence electrons. The highest BCUT2D eigenvalue weighted by Crippen LogP contribution is 2.23. The first-order valence-corrected chi connectivity index (χ1v) is 5.98. The van der Waals surface area contributed by atoms with Crippen LogP contribution in [0.4, 0.5) is 0 Å². The van der Waals surface area contributed by atoms with Crippen molar-refractivity contribution in [3.8, 4) is 0 Å². The van der Waals surface area contributed by atoms with Crippen molar-refractivity contribution < 1.29 is 0 Å². The highest BCUT2D eigenvalue weighted by Gasteiger charge is 2.23. The van der Waals surface area contributed by atoms with E-state index in [4.69, 9.17) is 5.73 Å². The molecule has 0 radical (unpaired) electrons. The van der Waals surface area contributed by atoms with Crippen LogP contribution in [-0.4, -0.2) is 16.5 Å². The summed E-state index contributed by atoms with van der Waals surface area (Å²) in [6.07, 6.45) is 3.78. The molecule has 0 unspecified atom stereocenters. The predicted octanol–water partition coefficient (Wildman–Crippen LogP) is 2.30. The average molecular weight is 221 g/mol. The zero-order valence-corrected chi connectivity index (χ0v) is 10.8. The van der Waals surface area contributed by atoms with Crippen molar-refractivity contribution >= 4 is 0 Å². The highest BCUT2D eigenvalue weighted by atomic mass is 14.9. The first-order valence-electron chi connectivity index (χ1n) is 5.98. The van der Waals surface area contributed by atoms with Crippen molar-refractivity contribution in [3.63, 3.8) is 0 Å². The van der Waals surface area contributed by atoms with Gasteiger partial charge in [0.25, 0.3) is 0 Å². The van der Waals surface area contributed by atoms with E-state index in [1.807, 2.05) is 12.3 Å². The molecule has 0 amide bonds. The SMILES string of the molecule is CC(C)Cc1ccnc(C(C)(C)CCN)n1. The van der Waals surface area contributed by atoms with E-state index >= 15 is 0 Å². The Morgan fingerprint density at radius 1 is 1.38 bits per heavy atom. The van der Waals surface area contributed by atoms with Crippen molar-refractivity contribution in [2.24, 2.45) is 11.7 Å². The van der Waals surface area contributed by atoms with E-state index in [9.17, 15) is 0 Å². The number of hydrogen-bond donors (Lipinski definition) is 1. The molecule has 1 aromatic rings. The molecule has 0 aliphatic heterocycles. The van der Waals surface area contributed by atoms with Crippen LogP contribution in [0.15, 0.2) is 12.3 Å². The summed E-state index contributed by atoms with van der Waals surface area (Å²) < 4.78 is 0. The van der Waals surface area contributed by atoms with Gasteiger partial charge >= 0.3 is 0 Å². The third-order valence-corrected chi connectivity index (χ3v) is 2.71. The Balaban J connectivity index is 2.89. The van der Waals surface area contributed by atoms with Crippen LogP contribution < -0.4 is 5.73 Å². The molecule has 3 heteroatoms. The second-order valence-corrected chi connectivity index (χ2v) is 5.39. The van der Waals surface area contributed by atoms with Crippen LogP contribution in [0.5, 0.6) is 0 Å². The van der Waals surface area contributed by atoms with E-state index in [2.05, 4.69) is 37.7 Å². The van der Waals surface area contributed by atoms with Gasteiger partial charge in [0.2, 0.25) is 0 Å². The van der Waals surface area contributed by atoms with Crippen molar-refractivity contribution in [2.45, 2.75) is 46.0 Å². The van der Waals surface area contributed by atoms with Crippen LogP contribution >= 0.6 is 0 Å². The van der Waals surface area contributed by atoms with Crippen LogP contribution in [0.2, 0.25) is 0 Å². The molecular weight excluding hydrogens is 198 g/mol. The molecular formula is C13H23N3. The molecule has 0 saturated heterocycles. The van der Waals surface area contributed by atoms with Crippen LogP contribution in [0.1, 0.15) is 45.6 Å². The minimum absolute atomic E-state index is 0.0261. The van der Waals surface area contributed by atoms with Gasteiger partial charge < -0.3 is 5.73 Å². The Kier molecular flexibility index (Phi) is 4.42. The molecule has 0 saturated carbocycles. The lowest BCUT2D eigenvalue weighted by molar-refractivity contribution is 0.453. The fraction of sp³-hybridized carbons (Fsp3) is 0.692. The van der Waals surface area contributed by atoms with Gasteiger partial charge in [-0.05, 0) is 31.4 Å². The topological polar surface area (TPSA) is 51.8 Å². The average Bonchev–Trinajstić information content (AvgIpc) is 2.17. The van der Waals surface area contributed by atoms with Crippen molar-refractivity contribution in [1.82, 2.24) is 9.97 Å². The monoisotopic (exact) mass is 221 g/mol. The van der Waals surface area contributed by atoms with Crippen LogP contribution in [-0.2, 0) is 11.8 Å². The molecule has 0 aromatic carbocycles. The standard InChI is InChI=1S/C13H23N3/c1-10(2)9-11-5-8-15-12(16-11)13(3,4)6-7-14/h5,8,10H,6-7,9,14H2,1-4H3. The smallest absolute Gasteiger partial charge is 0.134 e. The molecule has 0 atom stereocenters. The quantitative estimate of drug-likeness (QED) is 0.830. The van der Waals surface area contributed by atoms with Gasteiger partial charge in [0.05, 0.1) is 0 Å². The van der Waals surface area contributed by atoms with Gasteiger partial charge in [0, 0.05) is 17.3 Å². The summed E-state index contributed by atoms with van der Waals surface area (Å²) in [5.74, 6) is 1.54. The van der Waals surface area contributed by atoms with E-state index in [1.165, 1.54) is 0 Å². The summed E-state index contributed by atoms with van der Waals surface area (Å²) >= 11 is 0. The van der Waals surface area contributed by atoms with E-state index in [0.29, 0.717) is 12.5 Å². The molecule has 2 N–H and O–H groups in total. The Labute approximate surface area is 98.5 Å². The van der Waals surface area contributed by atoms with Gasteiger partial charge in [0.15, 0.2) is 0 Å². The summed E-state index contributed by atoms with van der Waals surface area (Å²) in [5.41, 5.74) is 6.72. The molecule has 0 fully saturated rings. The molecule has 1 aromatic heterocycles. The van der Waals surface area contributed by atoms with Gasteiger partial charge in [-0.2, -0.15) is 0 Å². The minimum Gasteiger partial charge on any atom is -0.330 e. The molecule has 0 aliphatic rings. The van der Waals surface area contributed by atoms with E-state index in [-0.39, 0.29) is 5.41 Å². The van der Waals surface area contributed by atoms with Crippen molar-refractivity contribution in [2.75, 3.05) is 6.54 Å². The number of nitrogens with zero attached hydrogens (tertiary/aromatic N) is 2. The van der Waals surface area contributed by atoms with Gasteiger partial charge in [-0.1, -0.05) is 27.7 Å². The summed E-state index contributed by atoms with van der Waals surface area (Å²) in [5, 5.41) is 0. The number of hydrogen-bond acceptors (Lipinski definition) is 3. The van der Waals surface area contributed by atoms with E-state index in [1.54, 1.807) is 0 Å². The highest BCUT2D eigenvalue weighted by molar-refractivity contribution is 5.10. The summed E-state index contributed by atoms with van der Waals surface area (Å²) in [7, 11) is 0. The second kappa shape index (κ2) is 5.39. The molecule has 0 aliphatic carbocycles. The fourth-order valence-corrected chi connectivity index (χ4v) is 1.73. The summed E-state index contributed by atoms with van der Waals surface area (Å²) in [6.45, 7) is 9.37. The maximum absolute atomic E-state index is 5.62.